The van der Waals surface area contributed by atoms with Crippen LogP contribution >= 0.6 is 11.6 Å². The van der Waals surface area contributed by atoms with Crippen molar-refractivity contribution in [1.29, 1.82) is 0 Å². The fourth-order valence-corrected chi connectivity index (χ4v) is 2.71. The number of nitrogens with one attached hydrogen (secondary N) is 1. The lowest BCUT2D eigenvalue weighted by Crippen LogP contribution is -2.45. The molecule has 1 fully saturated rings. The topological polar surface area (TPSA) is 44.3 Å². The van der Waals surface area contributed by atoms with E-state index in [1.807, 2.05) is 18.2 Å². The number of nitrogens with zero attached hydrogens (tertiary/aromatic N) is 4. The summed E-state index contributed by atoms with van der Waals surface area (Å²) in [6.07, 6.45) is 0. The zero-order valence-corrected chi connectivity index (χ0v) is 13.2. The average Bonchev–Trinajstić information content (AvgIpc) is 2.48. The van der Waals surface area contributed by atoms with Gasteiger partial charge in [0.05, 0.1) is 5.52 Å². The quantitative estimate of drug-likeness (QED) is 0.944. The van der Waals surface area contributed by atoms with Crippen LogP contribution in [0.1, 0.15) is 6.92 Å². The highest BCUT2D eigenvalue weighted by Gasteiger charge is 2.18. The molecule has 0 aliphatic carbocycles. The number of hydrogen-bond donors (Lipinski definition) is 1. The van der Waals surface area contributed by atoms with E-state index in [0.717, 1.165) is 55.4 Å². The number of benzene rings is 1. The third-order valence-corrected chi connectivity index (χ3v) is 4.01. The van der Waals surface area contributed by atoms with Crippen molar-refractivity contribution in [1.82, 2.24) is 14.9 Å². The maximum Gasteiger partial charge on any atom is 0.227 e. The molecule has 1 aliphatic heterocycles. The highest BCUT2D eigenvalue weighted by atomic mass is 35.5. The number of aromatic nitrogens is 2. The Labute approximate surface area is 129 Å². The summed E-state index contributed by atoms with van der Waals surface area (Å²) in [7, 11) is 2.14. The van der Waals surface area contributed by atoms with Crippen molar-refractivity contribution in [3.63, 3.8) is 0 Å². The maximum atomic E-state index is 6.10. The van der Waals surface area contributed by atoms with Crippen LogP contribution in [0.4, 0.5) is 11.8 Å². The third kappa shape index (κ3) is 3.04. The average molecular weight is 306 g/mol. The molecule has 21 heavy (non-hydrogen) atoms. The van der Waals surface area contributed by atoms with Crippen LogP contribution in [0.15, 0.2) is 18.2 Å². The SMILES string of the molecule is CCNc1nc(N2CCN(C)CC2)nc2ccc(Cl)cc12. The van der Waals surface area contributed by atoms with Gasteiger partial charge in [0.2, 0.25) is 5.95 Å². The smallest absolute Gasteiger partial charge is 0.227 e. The number of piperazine rings is 1. The second-order valence-electron chi connectivity index (χ2n) is 5.35. The highest BCUT2D eigenvalue weighted by Crippen LogP contribution is 2.26. The van der Waals surface area contributed by atoms with Gasteiger partial charge in [-0.3, -0.25) is 0 Å². The van der Waals surface area contributed by atoms with Crippen molar-refractivity contribution in [2.24, 2.45) is 0 Å². The minimum Gasteiger partial charge on any atom is -0.370 e. The number of likely N-dealkylation sites (N-methyl/N-ethyl adjacent to an activating group) is 1. The van der Waals surface area contributed by atoms with Crippen molar-refractivity contribution < 1.29 is 0 Å². The molecule has 0 spiro atoms. The Balaban J connectivity index is 2.01. The molecule has 3 rings (SSSR count). The van der Waals surface area contributed by atoms with Crippen LogP contribution in [0.3, 0.4) is 0 Å². The van der Waals surface area contributed by atoms with E-state index in [9.17, 15) is 0 Å². The summed E-state index contributed by atoms with van der Waals surface area (Å²) in [5.41, 5.74) is 0.930. The van der Waals surface area contributed by atoms with Crippen molar-refractivity contribution in [2.75, 3.05) is 50.0 Å². The Morgan fingerprint density at radius 3 is 2.67 bits per heavy atom. The fraction of sp³-hybridized carbons (Fsp3) is 0.467. The minimum absolute atomic E-state index is 0.706. The van der Waals surface area contributed by atoms with Crippen LogP contribution < -0.4 is 10.2 Å². The lowest BCUT2D eigenvalue weighted by Gasteiger charge is -2.32. The Kier molecular flexibility index (Phi) is 4.12. The van der Waals surface area contributed by atoms with Crippen molar-refractivity contribution in [2.45, 2.75) is 6.92 Å². The second-order valence-corrected chi connectivity index (χ2v) is 5.79. The predicted octanol–water partition coefficient (Wildman–Crippen LogP) is 2.47. The second kappa shape index (κ2) is 6.03. The Morgan fingerprint density at radius 1 is 1.19 bits per heavy atom. The number of anilines is 2. The van der Waals surface area contributed by atoms with Gasteiger partial charge < -0.3 is 15.1 Å². The number of rotatable bonds is 3. The van der Waals surface area contributed by atoms with Crippen molar-refractivity contribution in [3.05, 3.63) is 23.2 Å². The van der Waals surface area contributed by atoms with E-state index in [1.165, 1.54) is 0 Å². The van der Waals surface area contributed by atoms with Crippen molar-refractivity contribution >= 4 is 34.3 Å². The molecular formula is C15H20ClN5. The lowest BCUT2D eigenvalue weighted by atomic mass is 10.2. The van der Waals surface area contributed by atoms with Gasteiger partial charge in [0, 0.05) is 43.1 Å². The monoisotopic (exact) mass is 305 g/mol. The molecule has 0 saturated carbocycles. The molecule has 1 saturated heterocycles. The van der Waals surface area contributed by atoms with E-state index in [4.69, 9.17) is 21.6 Å². The van der Waals surface area contributed by atoms with Crippen LogP contribution in [0.2, 0.25) is 5.02 Å². The molecule has 6 heteroatoms. The molecule has 0 bridgehead atoms. The Morgan fingerprint density at radius 2 is 1.95 bits per heavy atom. The van der Waals surface area contributed by atoms with Gasteiger partial charge in [-0.2, -0.15) is 4.98 Å². The highest BCUT2D eigenvalue weighted by molar-refractivity contribution is 6.31. The molecule has 0 amide bonds. The van der Waals surface area contributed by atoms with Crippen LogP contribution in [0.5, 0.6) is 0 Å². The minimum atomic E-state index is 0.706. The first kappa shape index (κ1) is 14.4. The first-order chi connectivity index (χ1) is 10.2. The summed E-state index contributed by atoms with van der Waals surface area (Å²) in [6, 6.07) is 5.75. The fourth-order valence-electron chi connectivity index (χ4n) is 2.54. The van der Waals surface area contributed by atoms with Crippen LogP contribution in [0.25, 0.3) is 10.9 Å². The normalized spacial score (nSPS) is 16.4. The molecule has 112 valence electrons. The Bertz CT molecular complexity index is 637. The van der Waals surface area contributed by atoms with Gasteiger partial charge >= 0.3 is 0 Å². The first-order valence-corrected chi connectivity index (χ1v) is 7.70. The number of hydrogen-bond acceptors (Lipinski definition) is 5. The van der Waals surface area contributed by atoms with E-state index in [-0.39, 0.29) is 0 Å². The summed E-state index contributed by atoms with van der Waals surface area (Å²) in [6.45, 7) is 6.88. The molecule has 1 N–H and O–H groups in total. The van der Waals surface area contributed by atoms with E-state index >= 15 is 0 Å². The van der Waals surface area contributed by atoms with E-state index in [0.29, 0.717) is 5.02 Å². The van der Waals surface area contributed by atoms with Gasteiger partial charge in [-0.05, 0) is 32.2 Å². The number of fused-ring (bicyclic) bond motifs is 1. The van der Waals surface area contributed by atoms with E-state index < -0.39 is 0 Å². The van der Waals surface area contributed by atoms with Crippen molar-refractivity contribution in [3.8, 4) is 0 Å². The summed E-state index contributed by atoms with van der Waals surface area (Å²) in [4.78, 5) is 14.0. The zero-order valence-electron chi connectivity index (χ0n) is 12.4. The van der Waals surface area contributed by atoms with Crippen LogP contribution in [0, 0.1) is 0 Å². The molecule has 1 aromatic carbocycles. The maximum absolute atomic E-state index is 6.10. The molecule has 0 unspecified atom stereocenters. The van der Waals surface area contributed by atoms with Gasteiger partial charge in [-0.15, -0.1) is 0 Å². The summed E-state index contributed by atoms with van der Waals surface area (Å²) in [5.74, 6) is 1.66. The lowest BCUT2D eigenvalue weighted by molar-refractivity contribution is 0.311. The number of halogens is 1. The third-order valence-electron chi connectivity index (χ3n) is 3.78. The van der Waals surface area contributed by atoms with Gasteiger partial charge in [-0.25, -0.2) is 4.98 Å². The molecule has 0 radical (unpaired) electrons. The van der Waals surface area contributed by atoms with E-state index in [2.05, 4.69) is 29.1 Å². The molecule has 1 aromatic heterocycles. The molecule has 2 heterocycles. The molecule has 1 aliphatic rings. The molecule has 0 atom stereocenters. The molecular weight excluding hydrogens is 286 g/mol. The summed E-state index contributed by atoms with van der Waals surface area (Å²) >= 11 is 6.10. The molecule has 2 aromatic rings. The standard InChI is InChI=1S/C15H20ClN5/c1-3-17-14-12-10-11(16)4-5-13(12)18-15(19-14)21-8-6-20(2)7-9-21/h4-5,10H,3,6-9H2,1-2H3,(H,17,18,19). The van der Waals surface area contributed by atoms with Gasteiger partial charge in [0.15, 0.2) is 0 Å². The van der Waals surface area contributed by atoms with Crippen LogP contribution in [-0.2, 0) is 0 Å². The Hall–Kier alpha value is -1.59. The van der Waals surface area contributed by atoms with Gasteiger partial charge in [-0.1, -0.05) is 11.6 Å². The predicted molar refractivity (Wildman–Crippen MR) is 88.4 cm³/mol. The zero-order chi connectivity index (χ0) is 14.8. The summed E-state index contributed by atoms with van der Waals surface area (Å²) < 4.78 is 0. The molecule has 5 nitrogen and oxygen atoms in total. The largest absolute Gasteiger partial charge is 0.370 e. The van der Waals surface area contributed by atoms with Gasteiger partial charge in [0.25, 0.3) is 0 Å². The van der Waals surface area contributed by atoms with Crippen LogP contribution in [-0.4, -0.2) is 54.6 Å². The summed E-state index contributed by atoms with van der Waals surface area (Å²) in [5, 5.41) is 5.00. The van der Waals surface area contributed by atoms with Gasteiger partial charge in [0.1, 0.15) is 5.82 Å². The van der Waals surface area contributed by atoms with E-state index in [1.54, 1.807) is 0 Å². The first-order valence-electron chi connectivity index (χ1n) is 7.32.